The Morgan fingerprint density at radius 3 is 2.62 bits per heavy atom. The number of hydrogen-bond donors (Lipinski definition) is 1. The standard InChI is InChI=1S/C17H21F3N4O2/c1-11(2)9-14(25)21-7-8-24-16(26)23(3)15(22-24)12-5-4-6-13(10-12)17(18,19)20/h4-6,10-11H,7-9H2,1-3H3,(H,21,25). The second-order valence-electron chi connectivity index (χ2n) is 6.41. The lowest BCUT2D eigenvalue weighted by atomic mass is 10.1. The van der Waals surface area contributed by atoms with Gasteiger partial charge >= 0.3 is 11.9 Å². The predicted molar refractivity (Wildman–Crippen MR) is 90.4 cm³/mol. The monoisotopic (exact) mass is 370 g/mol. The Hall–Kier alpha value is -2.58. The second-order valence-corrected chi connectivity index (χ2v) is 6.41. The molecular formula is C17H21F3N4O2. The molecule has 0 aliphatic heterocycles. The number of hydrogen-bond acceptors (Lipinski definition) is 3. The molecule has 1 aromatic heterocycles. The zero-order chi connectivity index (χ0) is 19.5. The largest absolute Gasteiger partial charge is 0.416 e. The van der Waals surface area contributed by atoms with E-state index < -0.39 is 17.4 Å². The van der Waals surface area contributed by atoms with Crippen LogP contribution in [0.4, 0.5) is 13.2 Å². The molecule has 1 heterocycles. The van der Waals surface area contributed by atoms with Crippen LogP contribution in [0.15, 0.2) is 29.1 Å². The van der Waals surface area contributed by atoms with Crippen LogP contribution in [0.25, 0.3) is 11.4 Å². The molecule has 0 aliphatic rings. The van der Waals surface area contributed by atoms with Crippen molar-refractivity contribution in [3.8, 4) is 11.4 Å². The van der Waals surface area contributed by atoms with Crippen LogP contribution in [-0.2, 0) is 24.6 Å². The number of halogens is 3. The minimum Gasteiger partial charge on any atom is -0.354 e. The molecule has 0 fully saturated rings. The van der Waals surface area contributed by atoms with Crippen LogP contribution < -0.4 is 11.0 Å². The van der Waals surface area contributed by atoms with Gasteiger partial charge < -0.3 is 5.32 Å². The lowest BCUT2D eigenvalue weighted by Crippen LogP contribution is -2.32. The molecule has 0 saturated carbocycles. The SMILES string of the molecule is CC(C)CC(=O)NCCn1nc(-c2cccc(C(F)(F)F)c2)n(C)c1=O. The first kappa shape index (κ1) is 19.7. The zero-order valence-corrected chi connectivity index (χ0v) is 14.8. The molecular weight excluding hydrogens is 349 g/mol. The molecule has 0 bridgehead atoms. The quantitative estimate of drug-likeness (QED) is 0.849. The highest BCUT2D eigenvalue weighted by atomic mass is 19.4. The van der Waals surface area contributed by atoms with E-state index >= 15 is 0 Å². The number of nitrogens with zero attached hydrogens (tertiary/aromatic N) is 3. The van der Waals surface area contributed by atoms with E-state index in [1.54, 1.807) is 0 Å². The Bertz CT molecular complexity index is 837. The summed E-state index contributed by atoms with van der Waals surface area (Å²) in [6.07, 6.45) is -4.09. The Morgan fingerprint density at radius 2 is 2.00 bits per heavy atom. The van der Waals surface area contributed by atoms with Crippen molar-refractivity contribution in [2.45, 2.75) is 33.0 Å². The van der Waals surface area contributed by atoms with E-state index in [0.29, 0.717) is 6.42 Å². The first-order valence-electron chi connectivity index (χ1n) is 8.17. The van der Waals surface area contributed by atoms with Crippen molar-refractivity contribution < 1.29 is 18.0 Å². The van der Waals surface area contributed by atoms with Crippen LogP contribution >= 0.6 is 0 Å². The second kappa shape index (κ2) is 7.76. The van der Waals surface area contributed by atoms with Crippen LogP contribution in [0.3, 0.4) is 0 Å². The number of benzene rings is 1. The molecule has 0 aliphatic carbocycles. The Kier molecular flexibility index (Phi) is 5.89. The molecule has 0 unspecified atom stereocenters. The van der Waals surface area contributed by atoms with Crippen LogP contribution in [0.2, 0.25) is 0 Å². The van der Waals surface area contributed by atoms with Gasteiger partial charge in [-0.2, -0.15) is 13.2 Å². The van der Waals surface area contributed by atoms with Crippen molar-refractivity contribution in [3.05, 3.63) is 40.3 Å². The third-order valence-electron chi connectivity index (χ3n) is 3.73. The summed E-state index contributed by atoms with van der Waals surface area (Å²) in [4.78, 5) is 23.8. The Morgan fingerprint density at radius 1 is 1.31 bits per heavy atom. The lowest BCUT2D eigenvalue weighted by Gasteiger charge is -2.08. The normalized spacial score (nSPS) is 11.8. The maximum Gasteiger partial charge on any atom is 0.416 e. The van der Waals surface area contributed by atoms with E-state index in [1.165, 1.54) is 23.7 Å². The minimum absolute atomic E-state index is 0.123. The highest BCUT2D eigenvalue weighted by molar-refractivity contribution is 5.75. The number of amides is 1. The van der Waals surface area contributed by atoms with Gasteiger partial charge in [-0.15, -0.1) is 5.10 Å². The van der Waals surface area contributed by atoms with Crippen molar-refractivity contribution in [1.82, 2.24) is 19.7 Å². The fourth-order valence-electron chi connectivity index (χ4n) is 2.46. The number of aromatic nitrogens is 3. The maximum atomic E-state index is 12.9. The number of carbonyl (C=O) groups is 1. The first-order chi connectivity index (χ1) is 12.1. The summed E-state index contributed by atoms with van der Waals surface area (Å²) in [6.45, 7) is 4.19. The molecule has 0 atom stereocenters. The molecule has 1 N–H and O–H groups in total. The number of nitrogens with one attached hydrogen (secondary N) is 1. The molecule has 0 spiro atoms. The molecule has 0 radical (unpaired) electrons. The number of rotatable bonds is 6. The smallest absolute Gasteiger partial charge is 0.354 e. The van der Waals surface area contributed by atoms with E-state index in [-0.39, 0.29) is 36.3 Å². The van der Waals surface area contributed by atoms with Gasteiger partial charge in [0.05, 0.1) is 12.1 Å². The highest BCUT2D eigenvalue weighted by Crippen LogP contribution is 2.31. The molecule has 6 nitrogen and oxygen atoms in total. The average molecular weight is 370 g/mol. The molecule has 26 heavy (non-hydrogen) atoms. The summed E-state index contributed by atoms with van der Waals surface area (Å²) in [5.41, 5.74) is -1.07. The fraction of sp³-hybridized carbons (Fsp3) is 0.471. The molecule has 9 heteroatoms. The van der Waals surface area contributed by atoms with Crippen LogP contribution in [0.1, 0.15) is 25.8 Å². The van der Waals surface area contributed by atoms with E-state index in [2.05, 4.69) is 10.4 Å². The number of alkyl halides is 3. The summed E-state index contributed by atoms with van der Waals surface area (Å²) in [5.74, 6) is 0.233. The third kappa shape index (κ3) is 4.74. The van der Waals surface area contributed by atoms with Crippen LogP contribution in [0.5, 0.6) is 0 Å². The summed E-state index contributed by atoms with van der Waals surface area (Å²) in [7, 11) is 1.44. The van der Waals surface area contributed by atoms with Gasteiger partial charge in [0.25, 0.3) is 0 Å². The Labute approximate surface area is 148 Å². The molecule has 1 amide bonds. The lowest BCUT2D eigenvalue weighted by molar-refractivity contribution is -0.137. The topological polar surface area (TPSA) is 68.9 Å². The minimum atomic E-state index is -4.47. The van der Waals surface area contributed by atoms with Crippen LogP contribution in [0, 0.1) is 5.92 Å². The van der Waals surface area contributed by atoms with E-state index in [1.807, 2.05) is 13.8 Å². The van der Waals surface area contributed by atoms with Crippen molar-refractivity contribution in [2.24, 2.45) is 13.0 Å². The van der Waals surface area contributed by atoms with Gasteiger partial charge in [0.15, 0.2) is 5.82 Å². The fourth-order valence-corrected chi connectivity index (χ4v) is 2.46. The van der Waals surface area contributed by atoms with E-state index in [4.69, 9.17) is 0 Å². The van der Waals surface area contributed by atoms with Gasteiger partial charge in [-0.05, 0) is 18.1 Å². The third-order valence-corrected chi connectivity index (χ3v) is 3.73. The van der Waals surface area contributed by atoms with Gasteiger partial charge in [-0.1, -0.05) is 26.0 Å². The summed E-state index contributed by atoms with van der Waals surface area (Å²) in [6, 6.07) is 4.65. The van der Waals surface area contributed by atoms with Gasteiger partial charge in [0.2, 0.25) is 5.91 Å². The molecule has 2 aromatic rings. The van der Waals surface area contributed by atoms with Gasteiger partial charge in [0.1, 0.15) is 0 Å². The zero-order valence-electron chi connectivity index (χ0n) is 14.8. The summed E-state index contributed by atoms with van der Waals surface area (Å²) in [5, 5.41) is 6.80. The highest BCUT2D eigenvalue weighted by Gasteiger charge is 2.30. The van der Waals surface area contributed by atoms with Crippen LogP contribution in [-0.4, -0.2) is 26.8 Å². The number of carbonyl (C=O) groups excluding carboxylic acids is 1. The van der Waals surface area contributed by atoms with Crippen molar-refractivity contribution in [3.63, 3.8) is 0 Å². The average Bonchev–Trinajstić information content (AvgIpc) is 2.82. The Balaban J connectivity index is 2.17. The van der Waals surface area contributed by atoms with E-state index in [0.717, 1.165) is 16.8 Å². The van der Waals surface area contributed by atoms with Gasteiger partial charge in [-0.25, -0.2) is 9.48 Å². The predicted octanol–water partition coefficient (Wildman–Crippen LogP) is 2.43. The maximum absolute atomic E-state index is 12.9. The van der Waals surface area contributed by atoms with Gasteiger partial charge in [-0.3, -0.25) is 9.36 Å². The molecule has 0 saturated heterocycles. The van der Waals surface area contributed by atoms with Crippen molar-refractivity contribution >= 4 is 5.91 Å². The van der Waals surface area contributed by atoms with Crippen molar-refractivity contribution in [2.75, 3.05) is 6.54 Å². The van der Waals surface area contributed by atoms with Crippen molar-refractivity contribution in [1.29, 1.82) is 0 Å². The summed E-state index contributed by atoms with van der Waals surface area (Å²) >= 11 is 0. The van der Waals surface area contributed by atoms with Gasteiger partial charge in [0, 0.05) is 25.6 Å². The van der Waals surface area contributed by atoms with E-state index in [9.17, 15) is 22.8 Å². The molecule has 142 valence electrons. The molecule has 1 aromatic carbocycles. The summed E-state index contributed by atoms with van der Waals surface area (Å²) < 4.78 is 40.9. The molecule has 2 rings (SSSR count). The first-order valence-corrected chi connectivity index (χ1v) is 8.17.